The van der Waals surface area contributed by atoms with Gasteiger partial charge < -0.3 is 20.7 Å². The van der Waals surface area contributed by atoms with E-state index in [1.165, 1.54) is 24.2 Å². The highest BCUT2D eigenvalue weighted by molar-refractivity contribution is 7.99. The second-order valence-corrected chi connectivity index (χ2v) is 10.3. The maximum absolute atomic E-state index is 12.4. The molecule has 3 N–H and O–H groups in total. The molecule has 2 aliphatic heterocycles. The van der Waals surface area contributed by atoms with E-state index in [1.807, 2.05) is 12.1 Å². The quantitative estimate of drug-likeness (QED) is 0.528. The number of hydrogen-bond donors (Lipinski definition) is 2. The number of ether oxygens (including phenoxy) is 1. The molecule has 35 heavy (non-hydrogen) atoms. The molecule has 2 saturated heterocycles. The summed E-state index contributed by atoms with van der Waals surface area (Å²) >= 11 is 7.95. The number of rotatable bonds is 5. The fraction of sp³-hybridized carbons (Fsp3) is 0.375. The molecule has 2 aliphatic rings. The van der Waals surface area contributed by atoms with E-state index in [1.54, 1.807) is 24.5 Å². The molecule has 0 bridgehead atoms. The van der Waals surface area contributed by atoms with E-state index >= 15 is 0 Å². The Morgan fingerprint density at radius 2 is 1.94 bits per heavy atom. The number of carbonyl (C=O) groups is 1. The van der Waals surface area contributed by atoms with Gasteiger partial charge in [-0.25, -0.2) is 19.9 Å². The standard InChI is InChI=1S/C24H26ClN7O2S/c1-15-21(26)24(14-34-15)6-10-32(11-7-24)18-12-30-19(13-29-18)35-17-5-2-4-16(20(17)25)31-23(33)22-27-8-3-9-28-22/h2-5,8-9,12-13,15,21H,6-7,10-11,14,26H2,1H3,(H,31,33)/t15-,21+/m0/s1. The van der Waals surface area contributed by atoms with Gasteiger partial charge >= 0.3 is 0 Å². The Morgan fingerprint density at radius 3 is 2.60 bits per heavy atom. The molecular weight excluding hydrogens is 486 g/mol. The van der Waals surface area contributed by atoms with Crippen LogP contribution in [0.3, 0.4) is 0 Å². The van der Waals surface area contributed by atoms with Gasteiger partial charge in [-0.2, -0.15) is 0 Å². The largest absolute Gasteiger partial charge is 0.376 e. The van der Waals surface area contributed by atoms with Crippen LogP contribution >= 0.6 is 23.4 Å². The van der Waals surface area contributed by atoms with Crippen LogP contribution in [0.25, 0.3) is 0 Å². The van der Waals surface area contributed by atoms with Crippen LogP contribution in [0.4, 0.5) is 11.5 Å². The van der Waals surface area contributed by atoms with Crippen LogP contribution in [0.5, 0.6) is 0 Å². The molecule has 9 nitrogen and oxygen atoms in total. The Kier molecular flexibility index (Phi) is 6.88. The molecule has 2 fully saturated rings. The number of hydrogen-bond acceptors (Lipinski definition) is 9. The van der Waals surface area contributed by atoms with E-state index in [4.69, 9.17) is 22.1 Å². The van der Waals surface area contributed by atoms with Crippen LogP contribution in [0, 0.1) is 5.41 Å². The van der Waals surface area contributed by atoms with Gasteiger partial charge in [-0.15, -0.1) is 0 Å². The van der Waals surface area contributed by atoms with Crippen molar-refractivity contribution in [3.05, 3.63) is 59.9 Å². The number of anilines is 2. The van der Waals surface area contributed by atoms with E-state index in [-0.39, 0.29) is 23.4 Å². The van der Waals surface area contributed by atoms with E-state index in [2.05, 4.69) is 37.1 Å². The van der Waals surface area contributed by atoms with Crippen LogP contribution in [0.2, 0.25) is 5.02 Å². The average molecular weight is 512 g/mol. The minimum absolute atomic E-state index is 0.0724. The molecule has 1 spiro atoms. The van der Waals surface area contributed by atoms with Crippen molar-refractivity contribution in [2.45, 2.75) is 41.8 Å². The molecule has 4 heterocycles. The van der Waals surface area contributed by atoms with Crippen LogP contribution < -0.4 is 16.0 Å². The molecule has 1 aromatic carbocycles. The number of carbonyl (C=O) groups excluding carboxylic acids is 1. The van der Waals surface area contributed by atoms with Crippen LogP contribution in [0.15, 0.2) is 59.0 Å². The lowest BCUT2D eigenvalue weighted by Gasteiger charge is -2.41. The van der Waals surface area contributed by atoms with Crippen molar-refractivity contribution in [1.29, 1.82) is 0 Å². The van der Waals surface area contributed by atoms with Crippen LogP contribution in [-0.2, 0) is 4.74 Å². The molecule has 182 valence electrons. The molecule has 5 rings (SSSR count). The summed E-state index contributed by atoms with van der Waals surface area (Å²) in [6.45, 7) is 4.55. The number of benzene rings is 1. The van der Waals surface area contributed by atoms with Crippen LogP contribution in [-0.4, -0.2) is 57.7 Å². The third kappa shape index (κ3) is 4.97. The molecular formula is C24H26ClN7O2S. The van der Waals surface area contributed by atoms with E-state index in [0.29, 0.717) is 15.7 Å². The molecule has 11 heteroatoms. The normalized spacial score (nSPS) is 21.3. The van der Waals surface area contributed by atoms with E-state index in [0.717, 1.165) is 43.3 Å². The summed E-state index contributed by atoms with van der Waals surface area (Å²) in [5.41, 5.74) is 6.98. The van der Waals surface area contributed by atoms with Gasteiger partial charge in [-0.05, 0) is 38.0 Å². The molecule has 0 radical (unpaired) electrons. The van der Waals surface area contributed by atoms with Crippen molar-refractivity contribution in [1.82, 2.24) is 19.9 Å². The summed E-state index contributed by atoms with van der Waals surface area (Å²) in [4.78, 5) is 32.6. The summed E-state index contributed by atoms with van der Waals surface area (Å²) in [7, 11) is 0. The van der Waals surface area contributed by atoms with Gasteiger partial charge in [0.1, 0.15) is 10.8 Å². The lowest BCUT2D eigenvalue weighted by molar-refractivity contribution is 0.0974. The summed E-state index contributed by atoms with van der Waals surface area (Å²) in [5, 5.41) is 3.88. The molecule has 2 atom stereocenters. The first-order chi connectivity index (χ1) is 16.9. The molecule has 3 aromatic rings. The number of halogens is 1. The van der Waals surface area contributed by atoms with Crippen molar-refractivity contribution in [3.63, 3.8) is 0 Å². The smallest absolute Gasteiger partial charge is 0.293 e. The van der Waals surface area contributed by atoms with Gasteiger partial charge in [0.15, 0.2) is 0 Å². The van der Waals surface area contributed by atoms with Crippen molar-refractivity contribution in [2.24, 2.45) is 11.1 Å². The summed E-state index contributed by atoms with van der Waals surface area (Å²) in [6, 6.07) is 7.15. The summed E-state index contributed by atoms with van der Waals surface area (Å²) in [5.74, 6) is 0.491. The SMILES string of the molecule is C[C@@H]1OCC2(CCN(c3cnc(Sc4cccc(NC(=O)c5ncccn5)c4Cl)cn3)CC2)[C@@H]1N. The minimum Gasteiger partial charge on any atom is -0.376 e. The maximum atomic E-state index is 12.4. The van der Waals surface area contributed by atoms with Gasteiger partial charge in [-0.3, -0.25) is 4.79 Å². The van der Waals surface area contributed by atoms with Gasteiger partial charge in [0, 0.05) is 41.8 Å². The molecule has 1 amide bonds. The van der Waals surface area contributed by atoms with Crippen molar-refractivity contribution in [3.8, 4) is 0 Å². The predicted octanol–water partition coefficient (Wildman–Crippen LogP) is 3.66. The molecule has 0 aliphatic carbocycles. The Bertz CT molecular complexity index is 1190. The second kappa shape index (κ2) is 10.1. The number of nitrogens with two attached hydrogens (primary N) is 1. The molecule has 2 aromatic heterocycles. The number of amides is 1. The monoisotopic (exact) mass is 511 g/mol. The zero-order valence-electron chi connectivity index (χ0n) is 19.2. The van der Waals surface area contributed by atoms with Gasteiger partial charge in [0.2, 0.25) is 5.82 Å². The average Bonchev–Trinajstić information content (AvgIpc) is 3.16. The first kappa shape index (κ1) is 23.9. The predicted molar refractivity (Wildman–Crippen MR) is 135 cm³/mol. The van der Waals surface area contributed by atoms with Crippen molar-refractivity contribution in [2.75, 3.05) is 29.9 Å². The zero-order chi connectivity index (χ0) is 24.4. The highest BCUT2D eigenvalue weighted by atomic mass is 35.5. The topological polar surface area (TPSA) is 119 Å². The first-order valence-electron chi connectivity index (χ1n) is 11.4. The molecule has 0 unspecified atom stereocenters. The summed E-state index contributed by atoms with van der Waals surface area (Å²) < 4.78 is 5.82. The molecule has 0 saturated carbocycles. The maximum Gasteiger partial charge on any atom is 0.293 e. The van der Waals surface area contributed by atoms with Crippen LogP contribution in [0.1, 0.15) is 30.4 Å². The fourth-order valence-electron chi connectivity index (χ4n) is 4.57. The van der Waals surface area contributed by atoms with Crippen molar-refractivity contribution < 1.29 is 9.53 Å². The van der Waals surface area contributed by atoms with E-state index in [9.17, 15) is 4.79 Å². The highest BCUT2D eigenvalue weighted by Gasteiger charge is 2.47. The Labute approximate surface area is 212 Å². The van der Waals surface area contributed by atoms with Gasteiger partial charge in [0.05, 0.1) is 35.8 Å². The Hall–Kier alpha value is -2.79. The number of nitrogens with one attached hydrogen (secondary N) is 1. The third-order valence-corrected chi connectivity index (χ3v) is 8.24. The number of piperidine rings is 1. The minimum atomic E-state index is -0.429. The van der Waals surface area contributed by atoms with Gasteiger partial charge in [-0.1, -0.05) is 29.4 Å². The second-order valence-electron chi connectivity index (χ2n) is 8.85. The lowest BCUT2D eigenvalue weighted by Crippen LogP contribution is -2.50. The number of aromatic nitrogens is 4. The Morgan fingerprint density at radius 1 is 1.17 bits per heavy atom. The first-order valence-corrected chi connectivity index (χ1v) is 12.6. The van der Waals surface area contributed by atoms with E-state index < -0.39 is 5.91 Å². The van der Waals surface area contributed by atoms with Crippen molar-refractivity contribution >= 4 is 40.8 Å². The zero-order valence-corrected chi connectivity index (χ0v) is 20.8. The third-order valence-electron chi connectivity index (χ3n) is 6.74. The Balaban J connectivity index is 1.22. The lowest BCUT2D eigenvalue weighted by atomic mass is 9.73. The fourth-order valence-corrected chi connectivity index (χ4v) is 5.64. The highest BCUT2D eigenvalue weighted by Crippen LogP contribution is 2.42. The van der Waals surface area contributed by atoms with Gasteiger partial charge in [0.25, 0.3) is 5.91 Å². The summed E-state index contributed by atoms with van der Waals surface area (Å²) in [6.07, 6.45) is 8.65. The number of nitrogens with zero attached hydrogens (tertiary/aromatic N) is 5.